The summed E-state index contributed by atoms with van der Waals surface area (Å²) < 4.78 is 0. The van der Waals surface area contributed by atoms with Gasteiger partial charge >= 0.3 is 0 Å². The van der Waals surface area contributed by atoms with Crippen LogP contribution in [0.5, 0.6) is 0 Å². The highest BCUT2D eigenvalue weighted by Gasteiger charge is 2.39. The van der Waals surface area contributed by atoms with E-state index in [0.29, 0.717) is 10.7 Å². The lowest BCUT2D eigenvalue weighted by atomic mass is 9.70. The van der Waals surface area contributed by atoms with Crippen LogP contribution in [0.3, 0.4) is 0 Å². The summed E-state index contributed by atoms with van der Waals surface area (Å²) in [6, 6.07) is 25.9. The molecule has 6 heteroatoms. The molecule has 0 saturated carbocycles. The fraction of sp³-hybridized carbons (Fsp3) is 0.185. The third kappa shape index (κ3) is 4.91. The molecule has 0 radical (unpaired) electrons. The zero-order valence-electron chi connectivity index (χ0n) is 18.8. The van der Waals surface area contributed by atoms with Crippen LogP contribution in [0.15, 0.2) is 84.4 Å². The highest BCUT2D eigenvalue weighted by molar-refractivity contribution is 7.13. The number of Topliss-reactive ketones (excluding diaryl/α,β-unsaturated/α-hetero) is 1. The number of amides is 1. The maximum Gasteiger partial charge on any atom is 0.232 e. The smallest absolute Gasteiger partial charge is 0.232 e. The van der Waals surface area contributed by atoms with E-state index in [1.807, 2.05) is 68.4 Å². The summed E-state index contributed by atoms with van der Waals surface area (Å²) in [6.45, 7) is 5.47. The largest absolute Gasteiger partial charge is 0.300 e. The van der Waals surface area contributed by atoms with Gasteiger partial charge in [0.2, 0.25) is 11.0 Å². The second-order valence-corrected chi connectivity index (χ2v) is 9.36. The monoisotopic (exact) mass is 455 g/mol. The van der Waals surface area contributed by atoms with Gasteiger partial charge in [-0.1, -0.05) is 98.0 Å². The van der Waals surface area contributed by atoms with Crippen molar-refractivity contribution in [1.82, 2.24) is 10.2 Å². The van der Waals surface area contributed by atoms with Crippen LogP contribution in [0.2, 0.25) is 0 Å². The molecule has 1 amide bonds. The summed E-state index contributed by atoms with van der Waals surface area (Å²) in [6.07, 6.45) is 0. The fourth-order valence-electron chi connectivity index (χ4n) is 4.07. The van der Waals surface area contributed by atoms with E-state index in [4.69, 9.17) is 0 Å². The third-order valence-electron chi connectivity index (χ3n) is 5.87. The maximum absolute atomic E-state index is 13.3. The summed E-state index contributed by atoms with van der Waals surface area (Å²) in [7, 11) is 0. The SMILES string of the molecule is CC(=O)c1cccc(-c2ccc(C(c3ccccc3)C(C)(C)C(=O)Nc3nncs3)cc2)c1. The molecule has 1 N–H and O–H groups in total. The molecule has 1 aromatic heterocycles. The van der Waals surface area contributed by atoms with Gasteiger partial charge in [-0.15, -0.1) is 10.2 Å². The maximum atomic E-state index is 13.3. The number of nitrogens with zero attached hydrogens (tertiary/aromatic N) is 2. The van der Waals surface area contributed by atoms with Crippen molar-refractivity contribution in [3.05, 3.63) is 101 Å². The van der Waals surface area contributed by atoms with Gasteiger partial charge in [-0.05, 0) is 35.2 Å². The molecule has 1 atom stereocenters. The van der Waals surface area contributed by atoms with Crippen molar-refractivity contribution in [2.45, 2.75) is 26.7 Å². The molecule has 33 heavy (non-hydrogen) atoms. The standard InChI is InChI=1S/C27H25N3O2S/c1-18(31)22-10-7-11-23(16-22)19-12-14-21(15-13-19)24(20-8-5-4-6-9-20)27(2,3)25(32)29-26-30-28-17-33-26/h4-17,24H,1-3H3,(H,29,30,32). The van der Waals surface area contributed by atoms with Crippen LogP contribution in [0.4, 0.5) is 5.13 Å². The fourth-order valence-corrected chi connectivity index (χ4v) is 4.51. The molecule has 0 aliphatic carbocycles. The molecule has 5 nitrogen and oxygen atoms in total. The second-order valence-electron chi connectivity index (χ2n) is 8.52. The molecule has 3 aromatic carbocycles. The Morgan fingerprint density at radius 3 is 2.21 bits per heavy atom. The number of carbonyl (C=O) groups is 2. The van der Waals surface area contributed by atoms with Crippen LogP contribution in [-0.2, 0) is 4.79 Å². The van der Waals surface area contributed by atoms with Gasteiger partial charge in [0.05, 0.1) is 5.41 Å². The highest BCUT2D eigenvalue weighted by atomic mass is 32.1. The van der Waals surface area contributed by atoms with Crippen molar-refractivity contribution in [3.63, 3.8) is 0 Å². The molecule has 0 fully saturated rings. The molecule has 0 spiro atoms. The Hall–Kier alpha value is -3.64. The summed E-state index contributed by atoms with van der Waals surface area (Å²) in [5.41, 5.74) is 5.61. The molecular formula is C27H25N3O2S. The molecular weight excluding hydrogens is 430 g/mol. The minimum absolute atomic E-state index is 0.0424. The van der Waals surface area contributed by atoms with Crippen molar-refractivity contribution in [2.75, 3.05) is 5.32 Å². The molecule has 4 aromatic rings. The minimum Gasteiger partial charge on any atom is -0.300 e. The van der Waals surface area contributed by atoms with Gasteiger partial charge in [0, 0.05) is 11.5 Å². The number of anilines is 1. The van der Waals surface area contributed by atoms with Gasteiger partial charge in [-0.2, -0.15) is 0 Å². The van der Waals surface area contributed by atoms with E-state index < -0.39 is 5.41 Å². The first-order chi connectivity index (χ1) is 15.9. The van der Waals surface area contributed by atoms with Gasteiger partial charge in [0.15, 0.2) is 5.78 Å². The normalized spacial score (nSPS) is 12.2. The Bertz CT molecular complexity index is 1250. The van der Waals surface area contributed by atoms with E-state index >= 15 is 0 Å². The lowest BCUT2D eigenvalue weighted by Gasteiger charge is -2.33. The Labute approximate surface area is 197 Å². The number of benzene rings is 3. The zero-order valence-corrected chi connectivity index (χ0v) is 19.6. The average molecular weight is 456 g/mol. The highest BCUT2D eigenvalue weighted by Crippen LogP contribution is 2.42. The summed E-state index contributed by atoms with van der Waals surface area (Å²) in [5.74, 6) is -0.253. The number of carbonyl (C=O) groups excluding carboxylic acids is 2. The van der Waals surface area contributed by atoms with E-state index in [-0.39, 0.29) is 17.6 Å². The van der Waals surface area contributed by atoms with Crippen LogP contribution >= 0.6 is 11.3 Å². The second kappa shape index (κ2) is 9.46. The van der Waals surface area contributed by atoms with Crippen molar-refractivity contribution in [1.29, 1.82) is 0 Å². The molecule has 4 rings (SSSR count). The van der Waals surface area contributed by atoms with Crippen LogP contribution in [-0.4, -0.2) is 21.9 Å². The first kappa shape index (κ1) is 22.6. The molecule has 1 heterocycles. The molecule has 1 unspecified atom stereocenters. The van der Waals surface area contributed by atoms with E-state index in [1.165, 1.54) is 11.3 Å². The van der Waals surface area contributed by atoms with Crippen molar-refractivity contribution >= 4 is 28.2 Å². The zero-order chi connectivity index (χ0) is 23.4. The topological polar surface area (TPSA) is 72.0 Å². The van der Waals surface area contributed by atoms with E-state index in [1.54, 1.807) is 12.4 Å². The van der Waals surface area contributed by atoms with Gasteiger partial charge in [-0.3, -0.25) is 9.59 Å². The number of rotatable bonds is 7. The van der Waals surface area contributed by atoms with Crippen LogP contribution in [0, 0.1) is 5.41 Å². The lowest BCUT2D eigenvalue weighted by molar-refractivity contribution is -0.124. The van der Waals surface area contributed by atoms with Gasteiger partial charge in [0.25, 0.3) is 0 Å². The summed E-state index contributed by atoms with van der Waals surface area (Å²) in [4.78, 5) is 25.1. The van der Waals surface area contributed by atoms with E-state index in [9.17, 15) is 9.59 Å². The van der Waals surface area contributed by atoms with Crippen molar-refractivity contribution in [3.8, 4) is 11.1 Å². The quantitative estimate of drug-likeness (QED) is 0.337. The van der Waals surface area contributed by atoms with E-state index in [0.717, 1.165) is 22.3 Å². The number of aromatic nitrogens is 2. The van der Waals surface area contributed by atoms with Gasteiger partial charge in [0.1, 0.15) is 5.51 Å². The Balaban J connectivity index is 1.70. The molecule has 0 aliphatic rings. The molecule has 0 saturated heterocycles. The number of hydrogen-bond acceptors (Lipinski definition) is 5. The van der Waals surface area contributed by atoms with Gasteiger partial charge in [-0.25, -0.2) is 0 Å². The van der Waals surface area contributed by atoms with Crippen LogP contribution in [0.1, 0.15) is 48.2 Å². The molecule has 0 aliphatic heterocycles. The van der Waals surface area contributed by atoms with Crippen molar-refractivity contribution < 1.29 is 9.59 Å². The molecule has 0 bridgehead atoms. The summed E-state index contributed by atoms with van der Waals surface area (Å²) in [5, 5.41) is 11.2. The number of hydrogen-bond donors (Lipinski definition) is 1. The first-order valence-electron chi connectivity index (χ1n) is 10.7. The lowest BCUT2D eigenvalue weighted by Crippen LogP contribution is -2.37. The minimum atomic E-state index is -0.761. The average Bonchev–Trinajstić information content (AvgIpc) is 3.33. The number of ketones is 1. The van der Waals surface area contributed by atoms with Gasteiger partial charge < -0.3 is 5.32 Å². The first-order valence-corrected chi connectivity index (χ1v) is 11.6. The summed E-state index contributed by atoms with van der Waals surface area (Å²) >= 11 is 1.30. The van der Waals surface area contributed by atoms with Crippen molar-refractivity contribution in [2.24, 2.45) is 5.41 Å². The Kier molecular flexibility index (Phi) is 6.47. The van der Waals surface area contributed by atoms with E-state index in [2.05, 4.69) is 39.8 Å². The predicted molar refractivity (Wildman–Crippen MR) is 132 cm³/mol. The Morgan fingerprint density at radius 1 is 0.879 bits per heavy atom. The number of nitrogens with one attached hydrogen (secondary N) is 1. The molecule has 166 valence electrons. The predicted octanol–water partition coefficient (Wildman–Crippen LogP) is 6.20. The van der Waals surface area contributed by atoms with Crippen LogP contribution < -0.4 is 5.32 Å². The van der Waals surface area contributed by atoms with Crippen LogP contribution in [0.25, 0.3) is 11.1 Å². The Morgan fingerprint density at radius 2 is 1.58 bits per heavy atom. The third-order valence-corrected chi connectivity index (χ3v) is 6.47.